The number of hydrogen-bond donors (Lipinski definition) is 2. The van der Waals surface area contributed by atoms with Gasteiger partial charge in [-0.15, -0.1) is 0 Å². The fraction of sp³-hybridized carbons (Fsp3) is 0.400. The first-order valence-electron chi connectivity index (χ1n) is 6.83. The Labute approximate surface area is 122 Å². The Bertz CT molecular complexity index is 676. The van der Waals surface area contributed by atoms with E-state index in [2.05, 4.69) is 10.4 Å². The van der Waals surface area contributed by atoms with Crippen LogP contribution in [-0.4, -0.2) is 32.8 Å². The van der Waals surface area contributed by atoms with E-state index < -0.39 is 12.0 Å². The van der Waals surface area contributed by atoms with E-state index in [1.165, 1.54) is 0 Å². The standard InChI is InChI=1S/C15H19N3O3/c1-9(2)14(15(20)21)16-13(19)8-11-10-6-4-5-7-12(10)18(3)17-11/h4-7,9,14H,8H2,1-3H3,(H,16,19)(H,20,21)/t14-/m1/s1. The van der Waals surface area contributed by atoms with Gasteiger partial charge in [0.2, 0.25) is 5.91 Å². The summed E-state index contributed by atoms with van der Waals surface area (Å²) in [5, 5.41) is 16.9. The second kappa shape index (κ2) is 5.95. The number of benzene rings is 1. The van der Waals surface area contributed by atoms with Crippen molar-refractivity contribution in [2.24, 2.45) is 13.0 Å². The molecule has 0 aliphatic rings. The topological polar surface area (TPSA) is 84.2 Å². The maximum Gasteiger partial charge on any atom is 0.326 e. The van der Waals surface area contributed by atoms with Gasteiger partial charge in [-0.2, -0.15) is 5.10 Å². The SMILES string of the molecule is CC(C)[C@@H](NC(=O)Cc1nn(C)c2ccccc12)C(=O)O. The molecule has 1 amide bonds. The number of aryl methyl sites for hydroxylation is 1. The van der Waals surface area contributed by atoms with Crippen LogP contribution in [0.4, 0.5) is 0 Å². The number of aromatic nitrogens is 2. The van der Waals surface area contributed by atoms with Crippen LogP contribution in [-0.2, 0) is 23.1 Å². The van der Waals surface area contributed by atoms with Gasteiger partial charge in [0, 0.05) is 12.4 Å². The number of nitrogens with one attached hydrogen (secondary N) is 1. The largest absolute Gasteiger partial charge is 0.480 e. The van der Waals surface area contributed by atoms with Crippen molar-refractivity contribution in [3.05, 3.63) is 30.0 Å². The number of carbonyl (C=O) groups is 2. The number of amides is 1. The molecule has 0 radical (unpaired) electrons. The highest BCUT2D eigenvalue weighted by molar-refractivity contribution is 5.89. The minimum atomic E-state index is -1.02. The van der Waals surface area contributed by atoms with Gasteiger partial charge in [-0.25, -0.2) is 4.79 Å². The lowest BCUT2D eigenvalue weighted by molar-refractivity contribution is -0.143. The lowest BCUT2D eigenvalue weighted by atomic mass is 10.0. The quantitative estimate of drug-likeness (QED) is 0.870. The smallest absolute Gasteiger partial charge is 0.326 e. The molecule has 1 atom stereocenters. The molecular weight excluding hydrogens is 270 g/mol. The van der Waals surface area contributed by atoms with E-state index >= 15 is 0 Å². The summed E-state index contributed by atoms with van der Waals surface area (Å²) in [6.45, 7) is 3.52. The van der Waals surface area contributed by atoms with E-state index in [1.54, 1.807) is 18.5 Å². The van der Waals surface area contributed by atoms with E-state index in [1.807, 2.05) is 31.3 Å². The van der Waals surface area contributed by atoms with Crippen LogP contribution in [0.2, 0.25) is 0 Å². The van der Waals surface area contributed by atoms with Crippen LogP contribution < -0.4 is 5.32 Å². The summed E-state index contributed by atoms with van der Waals surface area (Å²) in [4.78, 5) is 23.2. The molecule has 1 heterocycles. The van der Waals surface area contributed by atoms with Crippen molar-refractivity contribution in [1.82, 2.24) is 15.1 Å². The Hall–Kier alpha value is -2.37. The van der Waals surface area contributed by atoms with Gasteiger partial charge in [0.25, 0.3) is 0 Å². The molecule has 6 heteroatoms. The van der Waals surface area contributed by atoms with Gasteiger partial charge in [-0.05, 0) is 12.0 Å². The molecule has 2 N–H and O–H groups in total. The van der Waals surface area contributed by atoms with Crippen LogP contribution >= 0.6 is 0 Å². The Kier molecular flexibility index (Phi) is 4.26. The van der Waals surface area contributed by atoms with Gasteiger partial charge in [-0.3, -0.25) is 9.48 Å². The number of carbonyl (C=O) groups excluding carboxylic acids is 1. The average molecular weight is 289 g/mol. The number of carboxylic acid groups (broad SMARTS) is 1. The fourth-order valence-electron chi connectivity index (χ4n) is 2.31. The van der Waals surface area contributed by atoms with Gasteiger partial charge < -0.3 is 10.4 Å². The molecule has 2 rings (SSSR count). The van der Waals surface area contributed by atoms with Gasteiger partial charge in [-0.1, -0.05) is 32.0 Å². The van der Waals surface area contributed by atoms with Crippen LogP contribution in [0.25, 0.3) is 10.9 Å². The number of fused-ring (bicyclic) bond motifs is 1. The summed E-state index contributed by atoms with van der Waals surface area (Å²) in [5.41, 5.74) is 1.59. The van der Waals surface area contributed by atoms with Crippen molar-refractivity contribution in [2.45, 2.75) is 26.3 Å². The lowest BCUT2D eigenvalue weighted by Gasteiger charge is -2.17. The van der Waals surface area contributed by atoms with Crippen molar-refractivity contribution in [3.63, 3.8) is 0 Å². The van der Waals surface area contributed by atoms with E-state index in [0.717, 1.165) is 10.9 Å². The Morgan fingerprint density at radius 1 is 1.33 bits per heavy atom. The highest BCUT2D eigenvalue weighted by atomic mass is 16.4. The second-order valence-electron chi connectivity index (χ2n) is 5.39. The minimum absolute atomic E-state index is 0.0673. The molecule has 0 spiro atoms. The molecule has 0 aliphatic carbocycles. The van der Waals surface area contributed by atoms with E-state index in [0.29, 0.717) is 5.69 Å². The lowest BCUT2D eigenvalue weighted by Crippen LogP contribution is -2.44. The number of nitrogens with zero attached hydrogens (tertiary/aromatic N) is 2. The molecule has 0 saturated heterocycles. The predicted octanol–water partition coefficient (Wildman–Crippen LogP) is 1.34. The third-order valence-corrected chi connectivity index (χ3v) is 3.41. The fourth-order valence-corrected chi connectivity index (χ4v) is 2.31. The molecule has 21 heavy (non-hydrogen) atoms. The number of aliphatic carboxylic acids is 1. The van der Waals surface area contributed by atoms with Gasteiger partial charge in [0.1, 0.15) is 6.04 Å². The number of hydrogen-bond acceptors (Lipinski definition) is 3. The van der Waals surface area contributed by atoms with E-state index in [-0.39, 0.29) is 18.2 Å². The number of carboxylic acids is 1. The maximum atomic E-state index is 12.1. The first kappa shape index (κ1) is 15.0. The van der Waals surface area contributed by atoms with Crippen molar-refractivity contribution in [2.75, 3.05) is 0 Å². The van der Waals surface area contributed by atoms with Crippen molar-refractivity contribution < 1.29 is 14.7 Å². The molecule has 1 aromatic carbocycles. The molecule has 0 unspecified atom stereocenters. The first-order valence-corrected chi connectivity index (χ1v) is 6.83. The van der Waals surface area contributed by atoms with Gasteiger partial charge in [0.05, 0.1) is 17.6 Å². The van der Waals surface area contributed by atoms with E-state index in [9.17, 15) is 9.59 Å². The zero-order valence-corrected chi connectivity index (χ0v) is 12.3. The van der Waals surface area contributed by atoms with Crippen LogP contribution in [0.15, 0.2) is 24.3 Å². The van der Waals surface area contributed by atoms with Crippen LogP contribution in [0, 0.1) is 5.92 Å². The molecule has 0 saturated carbocycles. The predicted molar refractivity (Wildman–Crippen MR) is 78.8 cm³/mol. The maximum absolute atomic E-state index is 12.1. The highest BCUT2D eigenvalue weighted by Gasteiger charge is 2.24. The molecule has 0 bridgehead atoms. The molecule has 0 aliphatic heterocycles. The van der Waals surface area contributed by atoms with E-state index in [4.69, 9.17) is 5.11 Å². The Morgan fingerprint density at radius 3 is 2.62 bits per heavy atom. The van der Waals surface area contributed by atoms with Crippen LogP contribution in [0.1, 0.15) is 19.5 Å². The normalized spacial score (nSPS) is 12.6. The first-order chi connectivity index (χ1) is 9.90. The van der Waals surface area contributed by atoms with Crippen LogP contribution in [0.3, 0.4) is 0 Å². The second-order valence-corrected chi connectivity index (χ2v) is 5.39. The monoisotopic (exact) mass is 289 g/mol. The summed E-state index contributed by atoms with van der Waals surface area (Å²) >= 11 is 0. The summed E-state index contributed by atoms with van der Waals surface area (Å²) < 4.78 is 1.72. The third kappa shape index (κ3) is 3.21. The minimum Gasteiger partial charge on any atom is -0.480 e. The molecule has 1 aromatic heterocycles. The summed E-state index contributed by atoms with van der Waals surface area (Å²) in [6.07, 6.45) is 0.0673. The third-order valence-electron chi connectivity index (χ3n) is 3.41. The number of para-hydroxylation sites is 1. The zero-order valence-electron chi connectivity index (χ0n) is 12.3. The van der Waals surface area contributed by atoms with Gasteiger partial charge in [0.15, 0.2) is 0 Å². The molecule has 2 aromatic rings. The van der Waals surface area contributed by atoms with Crippen molar-refractivity contribution in [3.8, 4) is 0 Å². The Balaban J connectivity index is 2.17. The molecule has 0 fully saturated rings. The Morgan fingerprint density at radius 2 is 2.00 bits per heavy atom. The zero-order chi connectivity index (χ0) is 15.6. The summed E-state index contributed by atoms with van der Waals surface area (Å²) in [5.74, 6) is -1.53. The number of rotatable bonds is 5. The molecular formula is C15H19N3O3. The summed E-state index contributed by atoms with van der Waals surface area (Å²) in [7, 11) is 1.82. The summed E-state index contributed by atoms with van der Waals surface area (Å²) in [6, 6.07) is 6.75. The highest BCUT2D eigenvalue weighted by Crippen LogP contribution is 2.17. The van der Waals surface area contributed by atoms with Gasteiger partial charge >= 0.3 is 5.97 Å². The average Bonchev–Trinajstić information content (AvgIpc) is 2.73. The van der Waals surface area contributed by atoms with Crippen molar-refractivity contribution >= 4 is 22.8 Å². The van der Waals surface area contributed by atoms with Crippen LogP contribution in [0.5, 0.6) is 0 Å². The molecule has 112 valence electrons. The molecule has 6 nitrogen and oxygen atoms in total. The van der Waals surface area contributed by atoms with Crippen molar-refractivity contribution in [1.29, 1.82) is 0 Å².